The van der Waals surface area contributed by atoms with Crippen molar-refractivity contribution in [2.75, 3.05) is 11.9 Å². The fourth-order valence-electron chi connectivity index (χ4n) is 2.69. The molecule has 1 aliphatic heterocycles. The molecule has 0 aromatic carbocycles. The Labute approximate surface area is 131 Å². The first kappa shape index (κ1) is 13.2. The van der Waals surface area contributed by atoms with Crippen LogP contribution in [0.25, 0.3) is 11.1 Å². The highest BCUT2D eigenvalue weighted by Gasteiger charge is 2.32. The minimum Gasteiger partial charge on any atom is -0.369 e. The molecule has 1 atom stereocenters. The van der Waals surface area contributed by atoms with Gasteiger partial charge in [0.2, 0.25) is 0 Å². The summed E-state index contributed by atoms with van der Waals surface area (Å²) in [5.74, 6) is 1.11. The van der Waals surface area contributed by atoms with E-state index in [9.17, 15) is 4.79 Å². The lowest BCUT2D eigenvalue weighted by Crippen LogP contribution is -2.15. The molecule has 0 aliphatic carbocycles. The number of nitrogens with zero attached hydrogens (tertiary/aromatic N) is 2. The van der Waals surface area contributed by atoms with Crippen LogP contribution in [0.4, 0.5) is 5.82 Å². The van der Waals surface area contributed by atoms with Crippen molar-refractivity contribution in [2.45, 2.75) is 12.8 Å². The number of aromatic nitrogens is 2. The van der Waals surface area contributed by atoms with Gasteiger partial charge in [0.15, 0.2) is 11.5 Å². The van der Waals surface area contributed by atoms with Crippen LogP contribution in [-0.2, 0) is 0 Å². The van der Waals surface area contributed by atoms with Gasteiger partial charge in [-0.05, 0) is 35.4 Å². The predicted molar refractivity (Wildman–Crippen MR) is 84.4 cm³/mol. The fourth-order valence-corrected chi connectivity index (χ4v) is 3.35. The Morgan fingerprint density at radius 3 is 3.05 bits per heavy atom. The zero-order chi connectivity index (χ0) is 15.1. The predicted octanol–water partition coefficient (Wildman–Crippen LogP) is 3.50. The highest BCUT2D eigenvalue weighted by Crippen LogP contribution is 2.35. The molecule has 22 heavy (non-hydrogen) atoms. The van der Waals surface area contributed by atoms with E-state index in [4.69, 9.17) is 4.52 Å². The van der Waals surface area contributed by atoms with E-state index in [-0.39, 0.29) is 11.7 Å². The number of nitrogens with one attached hydrogen (secondary N) is 1. The molecule has 0 amide bonds. The van der Waals surface area contributed by atoms with Crippen LogP contribution >= 0.6 is 11.3 Å². The third-order valence-corrected chi connectivity index (χ3v) is 4.50. The molecular weight excluding hydrogens is 298 g/mol. The van der Waals surface area contributed by atoms with Crippen LogP contribution in [0.2, 0.25) is 0 Å². The number of anilines is 1. The number of ketones is 1. The van der Waals surface area contributed by atoms with Gasteiger partial charge < -0.3 is 9.84 Å². The van der Waals surface area contributed by atoms with Crippen LogP contribution in [0.5, 0.6) is 0 Å². The molecule has 1 aliphatic rings. The first-order valence-electron chi connectivity index (χ1n) is 6.96. The molecule has 0 radical (unpaired) electrons. The molecule has 5 nitrogen and oxygen atoms in total. The van der Waals surface area contributed by atoms with Gasteiger partial charge in [-0.15, -0.1) is 0 Å². The summed E-state index contributed by atoms with van der Waals surface area (Å²) in [4.78, 5) is 17.1. The van der Waals surface area contributed by atoms with E-state index in [1.54, 1.807) is 24.3 Å². The standard InChI is InChI=1S/C16H13N3O2S/c1-9-4-14(19-21-9)15(20)13-7-18-16-12(13)5-11(6-17-16)10-2-3-22-8-10/h2-6,8,13H,7H2,1H3,(H,17,18). The highest BCUT2D eigenvalue weighted by molar-refractivity contribution is 7.08. The molecule has 0 saturated carbocycles. The van der Waals surface area contributed by atoms with Crippen molar-refractivity contribution >= 4 is 22.9 Å². The summed E-state index contributed by atoms with van der Waals surface area (Å²) in [5.41, 5.74) is 3.45. The highest BCUT2D eigenvalue weighted by atomic mass is 32.1. The SMILES string of the molecule is Cc1cc(C(=O)C2CNc3ncc(-c4ccsc4)cc32)no1. The normalized spacial score (nSPS) is 16.3. The zero-order valence-corrected chi connectivity index (χ0v) is 12.7. The molecule has 0 fully saturated rings. The Morgan fingerprint density at radius 1 is 1.41 bits per heavy atom. The van der Waals surface area contributed by atoms with Gasteiger partial charge in [0.05, 0.1) is 5.92 Å². The van der Waals surface area contributed by atoms with Crippen molar-refractivity contribution in [3.8, 4) is 11.1 Å². The summed E-state index contributed by atoms with van der Waals surface area (Å²) in [7, 11) is 0. The van der Waals surface area contributed by atoms with E-state index in [2.05, 4.69) is 20.8 Å². The summed E-state index contributed by atoms with van der Waals surface area (Å²) in [6.07, 6.45) is 1.83. The number of carbonyl (C=O) groups excluding carboxylic acids is 1. The minimum absolute atomic E-state index is 0.0348. The number of rotatable bonds is 3. The van der Waals surface area contributed by atoms with Crippen LogP contribution < -0.4 is 5.32 Å². The number of pyridine rings is 1. The van der Waals surface area contributed by atoms with Gasteiger partial charge in [-0.1, -0.05) is 5.16 Å². The molecule has 0 spiro atoms. The Balaban J connectivity index is 1.72. The molecule has 1 unspecified atom stereocenters. The molecule has 110 valence electrons. The molecule has 3 aromatic heterocycles. The second-order valence-electron chi connectivity index (χ2n) is 5.29. The molecule has 4 rings (SSSR count). The van der Waals surface area contributed by atoms with Crippen molar-refractivity contribution in [3.05, 3.63) is 52.2 Å². The first-order valence-corrected chi connectivity index (χ1v) is 7.90. The minimum atomic E-state index is -0.273. The van der Waals surface area contributed by atoms with E-state index in [1.165, 1.54) is 0 Å². The molecule has 1 N–H and O–H groups in total. The number of hydrogen-bond acceptors (Lipinski definition) is 6. The van der Waals surface area contributed by atoms with Crippen LogP contribution in [0, 0.1) is 6.92 Å². The van der Waals surface area contributed by atoms with Crippen LogP contribution in [0.15, 0.2) is 39.7 Å². The number of fused-ring (bicyclic) bond motifs is 1. The van der Waals surface area contributed by atoms with Crippen LogP contribution in [0.3, 0.4) is 0 Å². The zero-order valence-electron chi connectivity index (χ0n) is 11.9. The molecule has 6 heteroatoms. The molecule has 3 aromatic rings. The van der Waals surface area contributed by atoms with Crippen molar-refractivity contribution < 1.29 is 9.32 Å². The maximum absolute atomic E-state index is 12.6. The van der Waals surface area contributed by atoms with Gasteiger partial charge >= 0.3 is 0 Å². The number of hydrogen-bond donors (Lipinski definition) is 1. The van der Waals surface area contributed by atoms with Crippen molar-refractivity contribution in [2.24, 2.45) is 0 Å². The van der Waals surface area contributed by atoms with Gasteiger partial charge in [-0.2, -0.15) is 11.3 Å². The quantitative estimate of drug-likeness (QED) is 0.750. The van der Waals surface area contributed by atoms with E-state index in [0.717, 1.165) is 22.5 Å². The third kappa shape index (κ3) is 2.12. The average Bonchev–Trinajstić information content (AvgIpc) is 3.26. The van der Waals surface area contributed by atoms with E-state index >= 15 is 0 Å². The maximum atomic E-state index is 12.6. The Kier molecular flexibility index (Phi) is 3.04. The second kappa shape index (κ2) is 5.06. The van der Waals surface area contributed by atoms with Gasteiger partial charge in [-0.25, -0.2) is 4.98 Å². The average molecular weight is 311 g/mol. The lowest BCUT2D eigenvalue weighted by Gasteiger charge is -2.07. The number of thiophene rings is 1. The Bertz CT molecular complexity index is 839. The summed E-state index contributed by atoms with van der Waals surface area (Å²) in [5, 5.41) is 11.1. The maximum Gasteiger partial charge on any atom is 0.194 e. The van der Waals surface area contributed by atoms with E-state index < -0.39 is 0 Å². The van der Waals surface area contributed by atoms with E-state index in [0.29, 0.717) is 18.0 Å². The number of Topliss-reactive ketones (excluding diaryl/α,β-unsaturated/α-hetero) is 1. The lowest BCUT2D eigenvalue weighted by atomic mass is 9.94. The molecule has 0 bridgehead atoms. The topological polar surface area (TPSA) is 68.0 Å². The second-order valence-corrected chi connectivity index (χ2v) is 6.07. The van der Waals surface area contributed by atoms with Crippen molar-refractivity contribution in [1.82, 2.24) is 10.1 Å². The lowest BCUT2D eigenvalue weighted by molar-refractivity contribution is 0.0957. The van der Waals surface area contributed by atoms with Crippen LogP contribution in [0.1, 0.15) is 27.7 Å². The van der Waals surface area contributed by atoms with Crippen molar-refractivity contribution in [3.63, 3.8) is 0 Å². The monoisotopic (exact) mass is 311 g/mol. The molecular formula is C16H13N3O2S. The molecule has 4 heterocycles. The summed E-state index contributed by atoms with van der Waals surface area (Å²) in [6.45, 7) is 2.32. The smallest absolute Gasteiger partial charge is 0.194 e. The number of carbonyl (C=O) groups is 1. The van der Waals surface area contributed by atoms with Gasteiger partial charge in [0.25, 0.3) is 0 Å². The van der Waals surface area contributed by atoms with E-state index in [1.807, 2.05) is 23.7 Å². The largest absolute Gasteiger partial charge is 0.369 e. The first-order chi connectivity index (χ1) is 10.7. The van der Waals surface area contributed by atoms with Gasteiger partial charge in [0, 0.05) is 29.9 Å². The van der Waals surface area contributed by atoms with Gasteiger partial charge in [0.1, 0.15) is 11.6 Å². The fraction of sp³-hybridized carbons (Fsp3) is 0.188. The number of aryl methyl sites for hydroxylation is 1. The van der Waals surface area contributed by atoms with Crippen molar-refractivity contribution in [1.29, 1.82) is 0 Å². The van der Waals surface area contributed by atoms with Crippen LogP contribution in [-0.4, -0.2) is 22.5 Å². The molecule has 0 saturated heterocycles. The van der Waals surface area contributed by atoms with Gasteiger partial charge in [-0.3, -0.25) is 4.79 Å². The summed E-state index contributed by atoms with van der Waals surface area (Å²) >= 11 is 1.64. The summed E-state index contributed by atoms with van der Waals surface area (Å²) in [6, 6.07) is 5.77. The third-order valence-electron chi connectivity index (χ3n) is 3.82. The Hall–Kier alpha value is -2.47. The summed E-state index contributed by atoms with van der Waals surface area (Å²) < 4.78 is 5.01. The Morgan fingerprint density at radius 2 is 2.32 bits per heavy atom.